The maximum absolute atomic E-state index is 11.8. The van der Waals surface area contributed by atoms with Crippen LogP contribution in [-0.4, -0.2) is 28.0 Å². The van der Waals surface area contributed by atoms with Crippen molar-refractivity contribution in [1.82, 2.24) is 9.97 Å². The van der Waals surface area contributed by atoms with Crippen molar-refractivity contribution in [1.29, 1.82) is 0 Å². The lowest BCUT2D eigenvalue weighted by molar-refractivity contribution is -0.383. The van der Waals surface area contributed by atoms with Crippen LogP contribution in [0.2, 0.25) is 0 Å². The van der Waals surface area contributed by atoms with E-state index in [1.165, 1.54) is 18.5 Å². The number of H-pyrrole nitrogens is 1. The molecule has 1 heterocycles. The largest absolute Gasteiger partial charge is 0.379 e. The highest BCUT2D eigenvalue weighted by Gasteiger charge is 2.17. The third kappa shape index (κ3) is 4.48. The van der Waals surface area contributed by atoms with Crippen molar-refractivity contribution in [3.63, 3.8) is 0 Å². The molecule has 140 valence electrons. The van der Waals surface area contributed by atoms with Crippen LogP contribution >= 0.6 is 0 Å². The van der Waals surface area contributed by atoms with Crippen LogP contribution in [0.15, 0.2) is 53.6 Å². The molecule has 0 aliphatic heterocycles. The molecule has 8 heteroatoms. The van der Waals surface area contributed by atoms with Gasteiger partial charge in [0.25, 0.3) is 11.2 Å². The van der Waals surface area contributed by atoms with Crippen LogP contribution in [0, 0.1) is 10.1 Å². The molecular formula is C19H20N4O4. The minimum Gasteiger partial charge on any atom is -0.379 e. The van der Waals surface area contributed by atoms with E-state index < -0.39 is 10.5 Å². The molecule has 0 saturated carbocycles. The van der Waals surface area contributed by atoms with Crippen molar-refractivity contribution < 1.29 is 9.66 Å². The van der Waals surface area contributed by atoms with E-state index in [9.17, 15) is 14.9 Å². The number of rotatable bonds is 8. The zero-order chi connectivity index (χ0) is 19.2. The van der Waals surface area contributed by atoms with Crippen molar-refractivity contribution in [2.75, 3.05) is 18.5 Å². The molecule has 0 bridgehead atoms. The van der Waals surface area contributed by atoms with Gasteiger partial charge < -0.3 is 15.0 Å². The SMILES string of the molecule is C[C@@H](OCCCNc1cc2nc[nH]c(=O)c2cc1[N+](=O)[O-])c1ccccc1. The highest BCUT2D eigenvalue weighted by molar-refractivity contribution is 5.86. The molecule has 2 N–H and O–H groups in total. The highest BCUT2D eigenvalue weighted by atomic mass is 16.6. The minimum absolute atomic E-state index is 0.0165. The zero-order valence-corrected chi connectivity index (χ0v) is 14.8. The number of nitro benzene ring substituents is 1. The van der Waals surface area contributed by atoms with Gasteiger partial charge in [0.1, 0.15) is 5.69 Å². The first kappa shape index (κ1) is 18.5. The number of fused-ring (bicyclic) bond motifs is 1. The number of benzene rings is 2. The van der Waals surface area contributed by atoms with Crippen molar-refractivity contribution in [3.05, 3.63) is 74.8 Å². The van der Waals surface area contributed by atoms with Crippen LogP contribution < -0.4 is 10.9 Å². The number of anilines is 1. The molecule has 0 spiro atoms. The molecule has 0 radical (unpaired) electrons. The fraction of sp³-hybridized carbons (Fsp3) is 0.263. The van der Waals surface area contributed by atoms with Crippen molar-refractivity contribution in [3.8, 4) is 0 Å². The Hall–Kier alpha value is -3.26. The molecule has 3 rings (SSSR count). The number of hydrogen-bond donors (Lipinski definition) is 2. The Morgan fingerprint density at radius 2 is 2.07 bits per heavy atom. The number of aromatic amines is 1. The summed E-state index contributed by atoms with van der Waals surface area (Å²) in [4.78, 5) is 29.1. The summed E-state index contributed by atoms with van der Waals surface area (Å²) >= 11 is 0. The minimum atomic E-state index is -0.512. The smallest absolute Gasteiger partial charge is 0.293 e. The summed E-state index contributed by atoms with van der Waals surface area (Å²) in [6, 6.07) is 12.7. The third-order valence-corrected chi connectivity index (χ3v) is 4.23. The molecule has 1 aromatic heterocycles. The Kier molecular flexibility index (Phi) is 5.77. The van der Waals surface area contributed by atoms with Gasteiger partial charge in [-0.2, -0.15) is 0 Å². The topological polar surface area (TPSA) is 110 Å². The van der Waals surface area contributed by atoms with Gasteiger partial charge in [-0.05, 0) is 25.0 Å². The lowest BCUT2D eigenvalue weighted by Crippen LogP contribution is -2.11. The molecule has 0 aliphatic rings. The molecule has 1 atom stereocenters. The molecule has 0 fully saturated rings. The van der Waals surface area contributed by atoms with E-state index in [-0.39, 0.29) is 17.2 Å². The average molecular weight is 368 g/mol. The van der Waals surface area contributed by atoms with Gasteiger partial charge in [-0.1, -0.05) is 30.3 Å². The molecule has 0 saturated heterocycles. The summed E-state index contributed by atoms with van der Waals surface area (Å²) in [7, 11) is 0. The van der Waals surface area contributed by atoms with Gasteiger partial charge in [-0.3, -0.25) is 14.9 Å². The maximum Gasteiger partial charge on any atom is 0.293 e. The van der Waals surface area contributed by atoms with Gasteiger partial charge in [-0.15, -0.1) is 0 Å². The maximum atomic E-state index is 11.8. The molecule has 8 nitrogen and oxygen atoms in total. The van der Waals surface area contributed by atoms with Crippen molar-refractivity contribution >= 4 is 22.3 Å². The summed E-state index contributed by atoms with van der Waals surface area (Å²) in [5.41, 5.74) is 1.28. The standard InChI is InChI=1S/C19H20N4O4/c1-13(14-6-3-2-4-7-14)27-9-5-8-20-17-11-16-15(10-18(17)23(25)26)19(24)22-12-21-16/h2-4,6-7,10-13,20H,5,8-9H2,1H3,(H,21,22,24)/t13-/m1/s1. The van der Waals surface area contributed by atoms with Gasteiger partial charge in [0, 0.05) is 19.2 Å². The summed E-state index contributed by atoms with van der Waals surface area (Å²) < 4.78 is 5.80. The normalized spacial score (nSPS) is 12.0. The van der Waals surface area contributed by atoms with Crippen LogP contribution in [0.25, 0.3) is 10.9 Å². The van der Waals surface area contributed by atoms with Gasteiger partial charge in [-0.25, -0.2) is 4.98 Å². The van der Waals surface area contributed by atoms with Crippen molar-refractivity contribution in [2.45, 2.75) is 19.4 Å². The predicted octanol–water partition coefficient (Wildman–Crippen LogP) is 3.41. The fourth-order valence-electron chi connectivity index (χ4n) is 2.77. The number of nitrogens with one attached hydrogen (secondary N) is 2. The molecule has 0 unspecified atom stereocenters. The molecule has 3 aromatic rings. The van der Waals surface area contributed by atoms with E-state index in [4.69, 9.17) is 4.74 Å². The average Bonchev–Trinajstić information content (AvgIpc) is 2.68. The summed E-state index contributed by atoms with van der Waals surface area (Å²) in [6.45, 7) is 3.00. The van der Waals surface area contributed by atoms with Crippen LogP contribution in [0.3, 0.4) is 0 Å². The Morgan fingerprint density at radius 1 is 1.30 bits per heavy atom. The van der Waals surface area contributed by atoms with Crippen LogP contribution in [0.5, 0.6) is 0 Å². The molecule has 27 heavy (non-hydrogen) atoms. The number of hydrogen-bond acceptors (Lipinski definition) is 6. The monoisotopic (exact) mass is 368 g/mol. The number of nitro groups is 1. The van der Waals surface area contributed by atoms with E-state index in [0.29, 0.717) is 30.8 Å². The molecular weight excluding hydrogens is 348 g/mol. The Balaban J connectivity index is 1.60. The second-order valence-electron chi connectivity index (χ2n) is 6.08. The van der Waals surface area contributed by atoms with E-state index >= 15 is 0 Å². The van der Waals surface area contributed by atoms with Crippen LogP contribution in [-0.2, 0) is 4.74 Å². The first-order chi connectivity index (χ1) is 13.1. The predicted molar refractivity (Wildman–Crippen MR) is 103 cm³/mol. The van der Waals surface area contributed by atoms with Gasteiger partial charge in [0.05, 0.1) is 28.3 Å². The van der Waals surface area contributed by atoms with E-state index in [2.05, 4.69) is 15.3 Å². The van der Waals surface area contributed by atoms with E-state index in [1.54, 1.807) is 0 Å². The first-order valence-electron chi connectivity index (χ1n) is 8.62. The van der Waals surface area contributed by atoms with Gasteiger partial charge in [0.15, 0.2) is 0 Å². The highest BCUT2D eigenvalue weighted by Crippen LogP contribution is 2.27. The molecule has 2 aromatic carbocycles. The van der Waals surface area contributed by atoms with Crippen molar-refractivity contribution in [2.24, 2.45) is 0 Å². The second-order valence-corrected chi connectivity index (χ2v) is 6.08. The second kappa shape index (κ2) is 8.41. The Labute approximate surface area is 155 Å². The quantitative estimate of drug-likeness (QED) is 0.358. The molecule has 0 aliphatic carbocycles. The summed E-state index contributed by atoms with van der Waals surface area (Å²) in [6.07, 6.45) is 1.94. The van der Waals surface area contributed by atoms with E-state index in [1.807, 2.05) is 37.3 Å². The third-order valence-electron chi connectivity index (χ3n) is 4.23. The summed E-state index contributed by atoms with van der Waals surface area (Å²) in [5, 5.41) is 14.6. The summed E-state index contributed by atoms with van der Waals surface area (Å²) in [5.74, 6) is 0. The van der Waals surface area contributed by atoms with Crippen LogP contribution in [0.1, 0.15) is 25.0 Å². The Morgan fingerprint density at radius 3 is 2.81 bits per heavy atom. The Bertz CT molecular complexity index is 988. The van der Waals surface area contributed by atoms with E-state index in [0.717, 1.165) is 5.56 Å². The number of ether oxygens (including phenoxy) is 1. The number of aromatic nitrogens is 2. The molecule has 0 amide bonds. The fourth-order valence-corrected chi connectivity index (χ4v) is 2.77. The lowest BCUT2D eigenvalue weighted by atomic mass is 10.1. The lowest BCUT2D eigenvalue weighted by Gasteiger charge is -2.14. The zero-order valence-electron chi connectivity index (χ0n) is 14.8. The van der Waals surface area contributed by atoms with Crippen LogP contribution in [0.4, 0.5) is 11.4 Å². The van der Waals surface area contributed by atoms with Gasteiger partial charge >= 0.3 is 0 Å². The number of nitrogens with zero attached hydrogens (tertiary/aromatic N) is 2. The first-order valence-corrected chi connectivity index (χ1v) is 8.62. The van der Waals surface area contributed by atoms with Gasteiger partial charge in [0.2, 0.25) is 0 Å².